The maximum atomic E-state index is 11.0. The lowest BCUT2D eigenvalue weighted by Crippen LogP contribution is -2.07. The van der Waals surface area contributed by atoms with Crippen LogP contribution >= 0.6 is 0 Å². The SMILES string of the molecule is Cc1ccc2c(c1)nc(CNc1ccccc1[N+](=O)[O-])n2C. The van der Waals surface area contributed by atoms with Crippen LogP contribution < -0.4 is 5.32 Å². The lowest BCUT2D eigenvalue weighted by atomic mass is 10.2. The van der Waals surface area contributed by atoms with Crippen LogP contribution in [-0.4, -0.2) is 14.5 Å². The van der Waals surface area contributed by atoms with Crippen LogP contribution in [0, 0.1) is 17.0 Å². The minimum Gasteiger partial charge on any atom is -0.372 e. The van der Waals surface area contributed by atoms with E-state index >= 15 is 0 Å². The first-order valence-electron chi connectivity index (χ1n) is 6.95. The quantitative estimate of drug-likeness (QED) is 0.591. The van der Waals surface area contributed by atoms with Gasteiger partial charge in [-0.1, -0.05) is 18.2 Å². The van der Waals surface area contributed by atoms with E-state index in [9.17, 15) is 10.1 Å². The van der Waals surface area contributed by atoms with Gasteiger partial charge < -0.3 is 9.88 Å². The molecule has 0 unspecified atom stereocenters. The summed E-state index contributed by atoms with van der Waals surface area (Å²) in [6.45, 7) is 2.45. The Morgan fingerprint density at radius 3 is 2.82 bits per heavy atom. The van der Waals surface area contributed by atoms with Crippen molar-refractivity contribution in [2.75, 3.05) is 5.32 Å². The topological polar surface area (TPSA) is 73.0 Å². The zero-order chi connectivity index (χ0) is 15.7. The highest BCUT2D eigenvalue weighted by molar-refractivity contribution is 5.76. The molecule has 1 heterocycles. The Kier molecular flexibility index (Phi) is 3.50. The van der Waals surface area contributed by atoms with E-state index in [2.05, 4.69) is 10.3 Å². The number of hydrogen-bond donors (Lipinski definition) is 1. The van der Waals surface area contributed by atoms with Gasteiger partial charge in [-0.15, -0.1) is 0 Å². The molecule has 112 valence electrons. The summed E-state index contributed by atoms with van der Waals surface area (Å²) >= 11 is 0. The van der Waals surface area contributed by atoms with E-state index in [1.165, 1.54) is 6.07 Å². The standard InChI is InChI=1S/C16H16N4O2/c1-11-7-8-14-13(9-11)18-16(19(14)2)10-17-12-5-3-4-6-15(12)20(21)22/h3-9,17H,10H2,1-2H3. The van der Waals surface area contributed by atoms with Gasteiger partial charge in [-0.05, 0) is 30.7 Å². The molecular formula is C16H16N4O2. The number of aromatic nitrogens is 2. The molecular weight excluding hydrogens is 280 g/mol. The first kappa shape index (κ1) is 14.1. The normalized spacial score (nSPS) is 10.8. The molecule has 1 aromatic heterocycles. The fraction of sp³-hybridized carbons (Fsp3) is 0.188. The maximum Gasteiger partial charge on any atom is 0.292 e. The number of rotatable bonds is 4. The van der Waals surface area contributed by atoms with Crippen molar-refractivity contribution in [2.24, 2.45) is 7.05 Å². The minimum atomic E-state index is -0.388. The van der Waals surface area contributed by atoms with Gasteiger partial charge in [0.15, 0.2) is 0 Å². The van der Waals surface area contributed by atoms with Crippen LogP contribution in [0.2, 0.25) is 0 Å². The van der Waals surface area contributed by atoms with Gasteiger partial charge >= 0.3 is 0 Å². The van der Waals surface area contributed by atoms with Gasteiger partial charge in [0.05, 0.1) is 22.5 Å². The van der Waals surface area contributed by atoms with E-state index in [1.807, 2.05) is 36.7 Å². The summed E-state index contributed by atoms with van der Waals surface area (Å²) in [5.74, 6) is 0.832. The number of hydrogen-bond acceptors (Lipinski definition) is 4. The van der Waals surface area contributed by atoms with Crippen LogP contribution in [0.3, 0.4) is 0 Å². The largest absolute Gasteiger partial charge is 0.372 e. The molecule has 1 N–H and O–H groups in total. The van der Waals surface area contributed by atoms with Crippen LogP contribution in [0.15, 0.2) is 42.5 Å². The molecule has 0 fully saturated rings. The molecule has 0 saturated heterocycles. The highest BCUT2D eigenvalue weighted by Crippen LogP contribution is 2.24. The zero-order valence-corrected chi connectivity index (χ0v) is 12.4. The van der Waals surface area contributed by atoms with Crippen LogP contribution in [0.1, 0.15) is 11.4 Å². The highest BCUT2D eigenvalue weighted by atomic mass is 16.6. The average molecular weight is 296 g/mol. The molecule has 0 atom stereocenters. The molecule has 0 saturated carbocycles. The minimum absolute atomic E-state index is 0.0668. The summed E-state index contributed by atoms with van der Waals surface area (Å²) in [5, 5.41) is 14.1. The lowest BCUT2D eigenvalue weighted by molar-refractivity contribution is -0.384. The van der Waals surface area contributed by atoms with Gasteiger partial charge in [0.25, 0.3) is 5.69 Å². The van der Waals surface area contributed by atoms with Gasteiger partial charge in [-0.3, -0.25) is 10.1 Å². The van der Waals surface area contributed by atoms with Crippen LogP contribution in [-0.2, 0) is 13.6 Å². The number of nitrogens with one attached hydrogen (secondary N) is 1. The first-order valence-corrected chi connectivity index (χ1v) is 6.95. The molecule has 0 aliphatic rings. The summed E-state index contributed by atoms with van der Waals surface area (Å²) in [6.07, 6.45) is 0. The van der Waals surface area contributed by atoms with Crippen LogP contribution in [0.4, 0.5) is 11.4 Å². The molecule has 22 heavy (non-hydrogen) atoms. The molecule has 6 heteroatoms. The van der Waals surface area contributed by atoms with Crippen molar-refractivity contribution in [3.05, 3.63) is 64.0 Å². The molecule has 0 amide bonds. The van der Waals surface area contributed by atoms with E-state index in [1.54, 1.807) is 18.2 Å². The first-order chi connectivity index (χ1) is 10.6. The fourth-order valence-corrected chi connectivity index (χ4v) is 2.47. The number of aryl methyl sites for hydroxylation is 2. The second kappa shape index (κ2) is 5.48. The van der Waals surface area contributed by atoms with E-state index in [4.69, 9.17) is 0 Å². The van der Waals surface area contributed by atoms with Crippen molar-refractivity contribution >= 4 is 22.4 Å². The summed E-state index contributed by atoms with van der Waals surface area (Å²) in [7, 11) is 1.95. The number of nitro groups is 1. The molecule has 0 radical (unpaired) electrons. The van der Waals surface area contributed by atoms with E-state index in [0.717, 1.165) is 22.4 Å². The lowest BCUT2D eigenvalue weighted by Gasteiger charge is -2.07. The van der Waals surface area contributed by atoms with E-state index in [-0.39, 0.29) is 10.6 Å². The van der Waals surface area contributed by atoms with Gasteiger partial charge in [0.2, 0.25) is 0 Å². The monoisotopic (exact) mass is 296 g/mol. The number of nitro benzene ring substituents is 1. The molecule has 3 aromatic rings. The molecule has 0 aliphatic carbocycles. The smallest absolute Gasteiger partial charge is 0.292 e. The number of para-hydroxylation sites is 2. The Hall–Kier alpha value is -2.89. The predicted octanol–water partition coefficient (Wildman–Crippen LogP) is 3.40. The predicted molar refractivity (Wildman–Crippen MR) is 85.9 cm³/mol. The van der Waals surface area contributed by atoms with Crippen molar-refractivity contribution in [3.8, 4) is 0 Å². The third-order valence-electron chi connectivity index (χ3n) is 3.67. The highest BCUT2D eigenvalue weighted by Gasteiger charge is 2.13. The number of benzene rings is 2. The third kappa shape index (κ3) is 2.50. The Bertz CT molecular complexity index is 854. The van der Waals surface area contributed by atoms with Crippen molar-refractivity contribution in [1.29, 1.82) is 0 Å². The maximum absolute atomic E-state index is 11.0. The van der Waals surface area contributed by atoms with Crippen molar-refractivity contribution in [3.63, 3.8) is 0 Å². The summed E-state index contributed by atoms with van der Waals surface area (Å²) < 4.78 is 2.00. The molecule has 0 aliphatic heterocycles. The molecule has 2 aromatic carbocycles. The number of imidazole rings is 1. The molecule has 3 rings (SSSR count). The molecule has 0 spiro atoms. The van der Waals surface area contributed by atoms with E-state index in [0.29, 0.717) is 12.2 Å². The van der Waals surface area contributed by atoms with Crippen LogP contribution in [0.5, 0.6) is 0 Å². The fourth-order valence-electron chi connectivity index (χ4n) is 2.47. The van der Waals surface area contributed by atoms with Crippen molar-refractivity contribution in [2.45, 2.75) is 13.5 Å². The van der Waals surface area contributed by atoms with Gasteiger partial charge in [0.1, 0.15) is 11.5 Å². The van der Waals surface area contributed by atoms with Gasteiger partial charge in [-0.25, -0.2) is 4.98 Å². The Morgan fingerprint density at radius 1 is 1.27 bits per heavy atom. The second-order valence-corrected chi connectivity index (χ2v) is 5.21. The van der Waals surface area contributed by atoms with Crippen molar-refractivity contribution in [1.82, 2.24) is 9.55 Å². The van der Waals surface area contributed by atoms with Crippen LogP contribution in [0.25, 0.3) is 11.0 Å². The average Bonchev–Trinajstić information content (AvgIpc) is 2.81. The third-order valence-corrected chi connectivity index (χ3v) is 3.67. The second-order valence-electron chi connectivity index (χ2n) is 5.21. The Balaban J connectivity index is 1.88. The van der Waals surface area contributed by atoms with Gasteiger partial charge in [-0.2, -0.15) is 0 Å². The number of nitrogens with zero attached hydrogens (tertiary/aromatic N) is 3. The zero-order valence-electron chi connectivity index (χ0n) is 12.4. The Morgan fingerprint density at radius 2 is 2.05 bits per heavy atom. The summed E-state index contributed by atoms with van der Waals surface area (Å²) in [4.78, 5) is 15.2. The Labute approximate surface area is 127 Å². The number of anilines is 1. The molecule has 0 bridgehead atoms. The van der Waals surface area contributed by atoms with Crippen molar-refractivity contribution < 1.29 is 4.92 Å². The van der Waals surface area contributed by atoms with Gasteiger partial charge in [0, 0.05) is 13.1 Å². The summed E-state index contributed by atoms with van der Waals surface area (Å²) in [6, 6.07) is 12.7. The number of fused-ring (bicyclic) bond motifs is 1. The summed E-state index contributed by atoms with van der Waals surface area (Å²) in [5.41, 5.74) is 3.70. The van der Waals surface area contributed by atoms with E-state index < -0.39 is 0 Å². The molecule has 6 nitrogen and oxygen atoms in total.